The smallest absolute Gasteiger partial charge is 0.174 e. The van der Waals surface area contributed by atoms with Crippen molar-refractivity contribution in [1.82, 2.24) is 15.5 Å². The first-order valence-corrected chi connectivity index (χ1v) is 8.29. The maximum atomic E-state index is 4.13. The lowest BCUT2D eigenvalue weighted by Gasteiger charge is -2.16. The molecule has 0 spiro atoms. The van der Waals surface area contributed by atoms with E-state index in [1.165, 1.54) is 25.7 Å². The fourth-order valence-electron chi connectivity index (χ4n) is 2.33. The van der Waals surface area contributed by atoms with Gasteiger partial charge < -0.3 is 5.32 Å². The van der Waals surface area contributed by atoms with Gasteiger partial charge >= 0.3 is 0 Å². The van der Waals surface area contributed by atoms with Crippen LogP contribution in [-0.4, -0.2) is 28.5 Å². The van der Waals surface area contributed by atoms with Crippen LogP contribution in [0.1, 0.15) is 30.7 Å². The van der Waals surface area contributed by atoms with E-state index in [1.54, 1.807) is 11.3 Å². The molecular formula is C12H19N3S2. The maximum absolute atomic E-state index is 4.13. The van der Waals surface area contributed by atoms with Gasteiger partial charge in [-0.3, -0.25) is 0 Å². The predicted molar refractivity (Wildman–Crippen MR) is 72.6 cm³/mol. The van der Waals surface area contributed by atoms with Gasteiger partial charge in [0.15, 0.2) is 4.34 Å². The van der Waals surface area contributed by atoms with E-state index in [0.717, 1.165) is 39.5 Å². The molecule has 17 heavy (non-hydrogen) atoms. The van der Waals surface area contributed by atoms with Gasteiger partial charge in [-0.1, -0.05) is 23.1 Å². The maximum Gasteiger partial charge on any atom is 0.174 e. The third-order valence-electron chi connectivity index (χ3n) is 3.47. The quantitative estimate of drug-likeness (QED) is 0.610. The number of aryl methyl sites for hydroxylation is 1. The molecule has 3 nitrogen and oxygen atoms in total. The molecule has 0 aliphatic heterocycles. The van der Waals surface area contributed by atoms with Crippen molar-refractivity contribution in [3.8, 4) is 0 Å². The van der Waals surface area contributed by atoms with E-state index in [9.17, 15) is 0 Å². The summed E-state index contributed by atoms with van der Waals surface area (Å²) in [6.07, 6.45) is 5.82. The van der Waals surface area contributed by atoms with Crippen molar-refractivity contribution in [3.05, 3.63) is 5.01 Å². The predicted octanol–water partition coefficient (Wildman–Crippen LogP) is 2.72. The van der Waals surface area contributed by atoms with Gasteiger partial charge in [-0.05, 0) is 44.4 Å². The number of nitrogens with one attached hydrogen (secondary N) is 1. The lowest BCUT2D eigenvalue weighted by Crippen LogP contribution is -2.34. The average Bonchev–Trinajstić information content (AvgIpc) is 3.20. The summed E-state index contributed by atoms with van der Waals surface area (Å²) in [4.78, 5) is 0. The van der Waals surface area contributed by atoms with E-state index in [4.69, 9.17) is 0 Å². The minimum absolute atomic E-state index is 0.826. The Labute approximate surface area is 111 Å². The SMILES string of the molecule is Cc1nnc(SCCNC(C2CC2)C2CC2)s1. The molecule has 94 valence electrons. The summed E-state index contributed by atoms with van der Waals surface area (Å²) in [5.41, 5.74) is 0. The normalized spacial score (nSPS) is 20.1. The molecule has 2 aliphatic rings. The van der Waals surface area contributed by atoms with Gasteiger partial charge in [-0.25, -0.2) is 0 Å². The number of aromatic nitrogens is 2. The van der Waals surface area contributed by atoms with E-state index < -0.39 is 0 Å². The highest BCUT2D eigenvalue weighted by Crippen LogP contribution is 2.44. The average molecular weight is 269 g/mol. The zero-order valence-electron chi connectivity index (χ0n) is 10.2. The summed E-state index contributed by atoms with van der Waals surface area (Å²) in [5.74, 6) is 3.11. The molecule has 0 atom stereocenters. The summed E-state index contributed by atoms with van der Waals surface area (Å²) in [7, 11) is 0. The second-order valence-corrected chi connectivity index (χ2v) is 7.61. The number of nitrogens with zero attached hydrogens (tertiary/aromatic N) is 2. The molecule has 0 unspecified atom stereocenters. The zero-order chi connectivity index (χ0) is 11.7. The Bertz CT molecular complexity index is 360. The third-order valence-corrected chi connectivity index (χ3v) is 5.45. The molecule has 0 radical (unpaired) electrons. The van der Waals surface area contributed by atoms with Crippen LogP contribution in [0.5, 0.6) is 0 Å². The van der Waals surface area contributed by atoms with Crippen LogP contribution in [0.4, 0.5) is 0 Å². The Morgan fingerprint density at radius 3 is 2.53 bits per heavy atom. The Kier molecular flexibility index (Phi) is 3.68. The molecule has 3 rings (SSSR count). The molecule has 1 aromatic rings. The molecular weight excluding hydrogens is 250 g/mol. The summed E-state index contributed by atoms with van der Waals surface area (Å²) >= 11 is 3.53. The fraction of sp³-hybridized carbons (Fsp3) is 0.833. The largest absolute Gasteiger partial charge is 0.313 e. The van der Waals surface area contributed by atoms with E-state index >= 15 is 0 Å². The number of thioether (sulfide) groups is 1. The number of hydrogen-bond donors (Lipinski definition) is 1. The van der Waals surface area contributed by atoms with Crippen LogP contribution in [0.15, 0.2) is 4.34 Å². The molecule has 2 saturated carbocycles. The van der Waals surface area contributed by atoms with Gasteiger partial charge in [0, 0.05) is 18.3 Å². The highest BCUT2D eigenvalue weighted by Gasteiger charge is 2.40. The van der Waals surface area contributed by atoms with Gasteiger partial charge in [-0.15, -0.1) is 10.2 Å². The summed E-state index contributed by atoms with van der Waals surface area (Å²) in [6.45, 7) is 3.12. The van der Waals surface area contributed by atoms with Crippen LogP contribution < -0.4 is 5.32 Å². The van der Waals surface area contributed by atoms with Crippen molar-refractivity contribution in [2.75, 3.05) is 12.3 Å². The first-order chi connectivity index (χ1) is 8.33. The summed E-state index contributed by atoms with van der Waals surface area (Å²) in [5, 5.41) is 13.0. The lowest BCUT2D eigenvalue weighted by atomic mass is 10.1. The van der Waals surface area contributed by atoms with Crippen molar-refractivity contribution >= 4 is 23.1 Å². The molecule has 1 aromatic heterocycles. The molecule has 0 bridgehead atoms. The van der Waals surface area contributed by atoms with Crippen LogP contribution in [-0.2, 0) is 0 Å². The highest BCUT2D eigenvalue weighted by molar-refractivity contribution is 8.01. The molecule has 5 heteroatoms. The van der Waals surface area contributed by atoms with E-state index in [1.807, 2.05) is 18.7 Å². The first kappa shape index (κ1) is 11.9. The number of hydrogen-bond acceptors (Lipinski definition) is 5. The Morgan fingerprint density at radius 1 is 1.29 bits per heavy atom. The van der Waals surface area contributed by atoms with E-state index in [2.05, 4.69) is 15.5 Å². The Balaban J connectivity index is 1.36. The van der Waals surface area contributed by atoms with Crippen molar-refractivity contribution in [3.63, 3.8) is 0 Å². The number of rotatable bonds is 7. The first-order valence-electron chi connectivity index (χ1n) is 6.49. The summed E-state index contributed by atoms with van der Waals surface area (Å²) in [6, 6.07) is 0.826. The molecule has 2 aliphatic carbocycles. The van der Waals surface area contributed by atoms with Crippen LogP contribution >= 0.6 is 23.1 Å². The van der Waals surface area contributed by atoms with Crippen LogP contribution in [0.3, 0.4) is 0 Å². The Hall–Kier alpha value is -0.130. The van der Waals surface area contributed by atoms with Crippen molar-refractivity contribution in [2.24, 2.45) is 11.8 Å². The Morgan fingerprint density at radius 2 is 2.00 bits per heavy atom. The van der Waals surface area contributed by atoms with Gasteiger partial charge in [-0.2, -0.15) is 0 Å². The third kappa shape index (κ3) is 3.42. The monoisotopic (exact) mass is 269 g/mol. The lowest BCUT2D eigenvalue weighted by molar-refractivity contribution is 0.429. The van der Waals surface area contributed by atoms with Crippen molar-refractivity contribution in [2.45, 2.75) is 43.0 Å². The highest BCUT2D eigenvalue weighted by atomic mass is 32.2. The molecule has 1 heterocycles. The standard InChI is InChI=1S/C12H19N3S2/c1-8-14-15-12(17-8)16-7-6-13-11(9-2-3-9)10-4-5-10/h9-11,13H,2-7H2,1H3. The molecule has 0 saturated heterocycles. The fourth-order valence-corrected chi connectivity index (χ4v) is 4.09. The second kappa shape index (κ2) is 5.24. The molecule has 2 fully saturated rings. The second-order valence-electron chi connectivity index (χ2n) is 5.09. The van der Waals surface area contributed by atoms with Gasteiger partial charge in [0.2, 0.25) is 0 Å². The van der Waals surface area contributed by atoms with Crippen LogP contribution in [0.2, 0.25) is 0 Å². The van der Waals surface area contributed by atoms with E-state index in [-0.39, 0.29) is 0 Å². The molecule has 0 aromatic carbocycles. The minimum Gasteiger partial charge on any atom is -0.313 e. The van der Waals surface area contributed by atoms with E-state index in [0.29, 0.717) is 0 Å². The van der Waals surface area contributed by atoms with Crippen LogP contribution in [0, 0.1) is 18.8 Å². The van der Waals surface area contributed by atoms with Gasteiger partial charge in [0.25, 0.3) is 0 Å². The van der Waals surface area contributed by atoms with Gasteiger partial charge in [0.05, 0.1) is 0 Å². The molecule has 1 N–H and O–H groups in total. The molecule has 0 amide bonds. The van der Waals surface area contributed by atoms with Crippen molar-refractivity contribution < 1.29 is 0 Å². The van der Waals surface area contributed by atoms with Crippen LogP contribution in [0.25, 0.3) is 0 Å². The summed E-state index contributed by atoms with van der Waals surface area (Å²) < 4.78 is 1.11. The van der Waals surface area contributed by atoms with Gasteiger partial charge in [0.1, 0.15) is 5.01 Å². The topological polar surface area (TPSA) is 37.8 Å². The zero-order valence-corrected chi connectivity index (χ0v) is 11.8. The van der Waals surface area contributed by atoms with Crippen molar-refractivity contribution in [1.29, 1.82) is 0 Å². The minimum atomic E-state index is 0.826.